The van der Waals surface area contributed by atoms with Gasteiger partial charge in [0.05, 0.1) is 12.3 Å². The number of aromatic nitrogens is 5. The monoisotopic (exact) mass is 389 g/mol. The molecule has 2 aromatic heterocycles. The van der Waals surface area contributed by atoms with Gasteiger partial charge in [-0.3, -0.25) is 14.2 Å². The van der Waals surface area contributed by atoms with Gasteiger partial charge in [-0.15, -0.1) is 5.10 Å². The average Bonchev–Trinajstić information content (AvgIpc) is 3.04. The number of aryl methyl sites for hydroxylation is 1. The quantitative estimate of drug-likeness (QED) is 0.482. The summed E-state index contributed by atoms with van der Waals surface area (Å²) in [6.07, 6.45) is 1.11. The number of ketones is 1. The van der Waals surface area contributed by atoms with Crippen LogP contribution >= 0.6 is 11.6 Å². The number of Topliss-reactive ketones (excluding diaryl/α,β-unsaturated/α-hetero) is 1. The van der Waals surface area contributed by atoms with E-state index in [9.17, 15) is 14.4 Å². The summed E-state index contributed by atoms with van der Waals surface area (Å²) in [5.74, 6) is -1.37. The molecule has 0 aliphatic heterocycles. The fourth-order valence-corrected chi connectivity index (χ4v) is 2.77. The van der Waals surface area contributed by atoms with Gasteiger partial charge in [-0.05, 0) is 38.5 Å². The van der Waals surface area contributed by atoms with E-state index < -0.39 is 23.4 Å². The number of halogens is 1. The van der Waals surface area contributed by atoms with E-state index >= 15 is 0 Å². The molecule has 0 bridgehead atoms. The Bertz CT molecular complexity index is 1100. The maximum Gasteiger partial charge on any atom is 0.337 e. The van der Waals surface area contributed by atoms with Crippen molar-refractivity contribution < 1.29 is 14.3 Å². The van der Waals surface area contributed by atoms with Crippen molar-refractivity contribution in [2.75, 3.05) is 6.61 Å². The van der Waals surface area contributed by atoms with Crippen LogP contribution in [0.1, 0.15) is 25.5 Å². The van der Waals surface area contributed by atoms with Crippen molar-refractivity contribution in [3.63, 3.8) is 0 Å². The molecule has 0 saturated heterocycles. The largest absolute Gasteiger partial charge is 0.464 e. The first-order valence-corrected chi connectivity index (χ1v) is 8.49. The highest BCUT2D eigenvalue weighted by atomic mass is 35.5. The number of fused-ring (bicyclic) bond motifs is 1. The molecule has 0 aliphatic rings. The topological polar surface area (TPSA) is 109 Å². The van der Waals surface area contributed by atoms with Crippen LogP contribution in [-0.2, 0) is 14.3 Å². The number of carbonyl (C=O) groups is 2. The van der Waals surface area contributed by atoms with Gasteiger partial charge < -0.3 is 4.74 Å². The molecule has 1 aromatic carbocycles. The molecule has 1 atom stereocenters. The molecule has 3 aromatic rings. The van der Waals surface area contributed by atoms with Crippen LogP contribution in [0.4, 0.5) is 0 Å². The van der Waals surface area contributed by atoms with Crippen molar-refractivity contribution in [2.45, 2.75) is 26.8 Å². The lowest BCUT2D eigenvalue weighted by Crippen LogP contribution is -2.35. The van der Waals surface area contributed by atoms with Crippen LogP contribution in [0.25, 0.3) is 16.9 Å². The van der Waals surface area contributed by atoms with Crippen molar-refractivity contribution in [2.24, 2.45) is 0 Å². The molecule has 27 heavy (non-hydrogen) atoms. The summed E-state index contributed by atoms with van der Waals surface area (Å²) in [6.45, 7) is 4.75. The molecule has 2 heterocycles. The minimum atomic E-state index is -1.42. The Kier molecular flexibility index (Phi) is 5.04. The standard InChI is InChI=1S/C17H16ClN5O4/c1-4-27-17(26)14(10(3)24)22-8-19-15-13(16(22)25)20-21-23(15)11-6-5-9(2)12(18)7-11/h5-8,14H,4H2,1-3H3. The Morgan fingerprint density at radius 3 is 2.70 bits per heavy atom. The Morgan fingerprint density at radius 2 is 2.07 bits per heavy atom. The molecule has 0 spiro atoms. The third-order valence-corrected chi connectivity index (χ3v) is 4.37. The molecule has 10 heteroatoms. The number of nitrogens with zero attached hydrogens (tertiary/aromatic N) is 5. The van der Waals surface area contributed by atoms with E-state index in [1.807, 2.05) is 6.92 Å². The number of benzene rings is 1. The van der Waals surface area contributed by atoms with Crippen LogP contribution in [0.15, 0.2) is 29.3 Å². The maximum atomic E-state index is 12.8. The Hall–Kier alpha value is -3.07. The van der Waals surface area contributed by atoms with E-state index in [1.165, 1.54) is 11.6 Å². The summed E-state index contributed by atoms with van der Waals surface area (Å²) in [5.41, 5.74) is 0.898. The summed E-state index contributed by atoms with van der Waals surface area (Å²) < 4.78 is 7.15. The lowest BCUT2D eigenvalue weighted by Gasteiger charge is -2.14. The molecule has 0 N–H and O–H groups in total. The minimum absolute atomic E-state index is 0.0789. The third kappa shape index (κ3) is 3.33. The summed E-state index contributed by atoms with van der Waals surface area (Å²) in [6, 6.07) is 3.82. The molecular formula is C17H16ClN5O4. The van der Waals surface area contributed by atoms with Crippen LogP contribution in [-0.4, -0.2) is 42.9 Å². The average molecular weight is 390 g/mol. The molecule has 1 unspecified atom stereocenters. The summed E-state index contributed by atoms with van der Waals surface area (Å²) >= 11 is 6.14. The predicted octanol–water partition coefficient (Wildman–Crippen LogP) is 1.63. The molecule has 140 valence electrons. The van der Waals surface area contributed by atoms with Gasteiger partial charge in [-0.25, -0.2) is 9.78 Å². The third-order valence-electron chi connectivity index (χ3n) is 3.96. The number of rotatable bonds is 5. The summed E-state index contributed by atoms with van der Waals surface area (Å²) in [7, 11) is 0. The molecule has 9 nitrogen and oxygen atoms in total. The first-order chi connectivity index (χ1) is 12.8. The fraction of sp³-hybridized carbons (Fsp3) is 0.294. The highest BCUT2D eigenvalue weighted by Crippen LogP contribution is 2.20. The lowest BCUT2D eigenvalue weighted by molar-refractivity contribution is -0.150. The highest BCUT2D eigenvalue weighted by Gasteiger charge is 2.29. The molecule has 0 radical (unpaired) electrons. The Labute approximate surface area is 158 Å². The van der Waals surface area contributed by atoms with Crippen LogP contribution in [0.3, 0.4) is 0 Å². The van der Waals surface area contributed by atoms with Gasteiger partial charge in [0.2, 0.25) is 0 Å². The number of hydrogen-bond acceptors (Lipinski definition) is 7. The van der Waals surface area contributed by atoms with E-state index in [0.29, 0.717) is 10.7 Å². The normalized spacial score (nSPS) is 12.1. The predicted molar refractivity (Wildman–Crippen MR) is 97.0 cm³/mol. The second-order valence-electron chi connectivity index (χ2n) is 5.83. The van der Waals surface area contributed by atoms with Crippen molar-refractivity contribution in [1.82, 2.24) is 24.5 Å². The van der Waals surface area contributed by atoms with Gasteiger partial charge in [-0.1, -0.05) is 22.9 Å². The zero-order valence-corrected chi connectivity index (χ0v) is 15.6. The fourth-order valence-electron chi connectivity index (χ4n) is 2.59. The SMILES string of the molecule is CCOC(=O)C(C(C)=O)n1cnc2c(nnn2-c2ccc(C)c(Cl)c2)c1=O. The zero-order valence-electron chi connectivity index (χ0n) is 14.8. The molecular weight excluding hydrogens is 374 g/mol. The van der Waals surface area contributed by atoms with Crippen LogP contribution in [0, 0.1) is 6.92 Å². The smallest absolute Gasteiger partial charge is 0.337 e. The van der Waals surface area contributed by atoms with E-state index in [2.05, 4.69) is 15.3 Å². The summed E-state index contributed by atoms with van der Waals surface area (Å²) in [5, 5.41) is 8.35. The maximum absolute atomic E-state index is 12.8. The van der Waals surface area contributed by atoms with Gasteiger partial charge in [0.1, 0.15) is 6.33 Å². The number of ether oxygens (including phenoxy) is 1. The highest BCUT2D eigenvalue weighted by molar-refractivity contribution is 6.31. The van der Waals surface area contributed by atoms with Crippen LogP contribution < -0.4 is 5.56 Å². The van der Waals surface area contributed by atoms with Crippen molar-refractivity contribution in [1.29, 1.82) is 0 Å². The Morgan fingerprint density at radius 1 is 1.33 bits per heavy atom. The molecule has 3 rings (SSSR count). The Balaban J connectivity index is 2.14. The van der Waals surface area contributed by atoms with Gasteiger partial charge in [0, 0.05) is 5.02 Å². The van der Waals surface area contributed by atoms with E-state index in [1.54, 1.807) is 25.1 Å². The number of hydrogen-bond donors (Lipinski definition) is 0. The minimum Gasteiger partial charge on any atom is -0.464 e. The van der Waals surface area contributed by atoms with Gasteiger partial charge in [0.25, 0.3) is 5.56 Å². The van der Waals surface area contributed by atoms with E-state index in [0.717, 1.165) is 16.5 Å². The van der Waals surface area contributed by atoms with E-state index in [-0.39, 0.29) is 17.8 Å². The van der Waals surface area contributed by atoms with E-state index in [4.69, 9.17) is 16.3 Å². The van der Waals surface area contributed by atoms with Crippen LogP contribution in [0.2, 0.25) is 5.02 Å². The lowest BCUT2D eigenvalue weighted by atomic mass is 10.2. The second kappa shape index (κ2) is 7.28. The molecule has 0 saturated carbocycles. The summed E-state index contributed by atoms with van der Waals surface area (Å²) in [4.78, 5) is 40.9. The first kappa shape index (κ1) is 18.7. The van der Waals surface area contributed by atoms with Gasteiger partial charge >= 0.3 is 5.97 Å². The molecule has 0 fully saturated rings. The second-order valence-corrected chi connectivity index (χ2v) is 6.24. The van der Waals surface area contributed by atoms with Crippen molar-refractivity contribution in [3.05, 3.63) is 45.5 Å². The number of esters is 1. The van der Waals surface area contributed by atoms with Crippen molar-refractivity contribution >= 4 is 34.5 Å². The number of carbonyl (C=O) groups excluding carboxylic acids is 2. The van der Waals surface area contributed by atoms with Crippen LogP contribution in [0.5, 0.6) is 0 Å². The molecule has 0 aliphatic carbocycles. The first-order valence-electron chi connectivity index (χ1n) is 8.11. The molecule has 0 amide bonds. The zero-order chi connectivity index (χ0) is 19.7. The van der Waals surface area contributed by atoms with Crippen molar-refractivity contribution in [3.8, 4) is 5.69 Å². The van der Waals surface area contributed by atoms with Gasteiger partial charge in [-0.2, -0.15) is 4.68 Å². The van der Waals surface area contributed by atoms with Gasteiger partial charge in [0.15, 0.2) is 23.0 Å².